The van der Waals surface area contributed by atoms with Crippen molar-refractivity contribution in [3.05, 3.63) is 59.2 Å². The molecule has 4 rings (SSSR count). The van der Waals surface area contributed by atoms with Crippen LogP contribution < -0.4 is 10.2 Å². The molecule has 0 spiro atoms. The molecule has 2 aromatic carbocycles. The van der Waals surface area contributed by atoms with Crippen molar-refractivity contribution in [1.82, 2.24) is 15.2 Å². The van der Waals surface area contributed by atoms with E-state index in [0.717, 1.165) is 36.2 Å². The number of aromatic nitrogens is 3. The van der Waals surface area contributed by atoms with Crippen LogP contribution in [-0.2, 0) is 0 Å². The molecule has 9 heteroatoms. The van der Waals surface area contributed by atoms with Crippen molar-refractivity contribution in [1.29, 1.82) is 0 Å². The van der Waals surface area contributed by atoms with E-state index in [1.807, 2.05) is 54.5 Å². The molecular weight excluding hydrogens is 470 g/mol. The average Bonchev–Trinajstić information content (AvgIpc) is 3.38. The number of benzene rings is 2. The topological polar surface area (TPSA) is 77.1 Å². The fourth-order valence-electron chi connectivity index (χ4n) is 2.86. The minimum absolute atomic E-state index is 0.482. The van der Waals surface area contributed by atoms with E-state index in [2.05, 4.69) is 48.6 Å². The SMILES string of the molecule is CN(c1nnc(SCC(O)CNc2ccc(Br)cc2)s1)c1c[nH]c2ccccc12. The highest BCUT2D eigenvalue weighted by molar-refractivity contribution is 9.10. The molecule has 0 aliphatic heterocycles. The van der Waals surface area contributed by atoms with E-state index in [0.29, 0.717) is 12.3 Å². The Kier molecular flexibility index (Phi) is 6.39. The fourth-order valence-corrected chi connectivity index (χ4v) is 4.90. The second-order valence-electron chi connectivity index (χ2n) is 6.48. The molecule has 0 aliphatic rings. The van der Waals surface area contributed by atoms with Crippen LogP contribution in [-0.4, -0.2) is 45.7 Å². The lowest BCUT2D eigenvalue weighted by atomic mass is 10.2. The summed E-state index contributed by atoms with van der Waals surface area (Å²) in [5, 5.41) is 24.1. The molecule has 150 valence electrons. The Balaban J connectivity index is 1.32. The molecule has 3 N–H and O–H groups in total. The molecule has 0 radical (unpaired) electrons. The maximum Gasteiger partial charge on any atom is 0.213 e. The zero-order valence-electron chi connectivity index (χ0n) is 15.7. The molecule has 0 aliphatic carbocycles. The summed E-state index contributed by atoms with van der Waals surface area (Å²) in [6, 6.07) is 16.1. The number of aromatic amines is 1. The first kappa shape index (κ1) is 20.2. The number of fused-ring (bicyclic) bond motifs is 1. The number of nitrogens with one attached hydrogen (secondary N) is 2. The highest BCUT2D eigenvalue weighted by Crippen LogP contribution is 2.35. The fraction of sp³-hybridized carbons (Fsp3) is 0.200. The Morgan fingerprint density at radius 1 is 1.21 bits per heavy atom. The van der Waals surface area contributed by atoms with Gasteiger partial charge in [0.15, 0.2) is 4.34 Å². The van der Waals surface area contributed by atoms with Gasteiger partial charge in [-0.3, -0.25) is 0 Å². The molecule has 29 heavy (non-hydrogen) atoms. The molecule has 1 atom stereocenters. The molecule has 4 aromatic rings. The number of nitrogens with zero attached hydrogens (tertiary/aromatic N) is 3. The third-order valence-electron chi connectivity index (χ3n) is 4.40. The summed E-state index contributed by atoms with van der Waals surface area (Å²) >= 11 is 6.46. The lowest BCUT2D eigenvalue weighted by Gasteiger charge is -2.13. The molecule has 1 unspecified atom stereocenters. The molecule has 0 saturated heterocycles. The predicted molar refractivity (Wildman–Crippen MR) is 126 cm³/mol. The summed E-state index contributed by atoms with van der Waals surface area (Å²) < 4.78 is 1.87. The van der Waals surface area contributed by atoms with Gasteiger partial charge in [0.05, 0.1) is 11.8 Å². The number of aliphatic hydroxyl groups excluding tert-OH is 1. The summed E-state index contributed by atoms with van der Waals surface area (Å²) in [6.45, 7) is 0.482. The molecule has 0 saturated carbocycles. The second-order valence-corrected chi connectivity index (χ2v) is 9.62. The number of H-pyrrole nitrogens is 1. The van der Waals surface area contributed by atoms with Crippen LogP contribution in [0.4, 0.5) is 16.5 Å². The van der Waals surface area contributed by atoms with Gasteiger partial charge in [-0.15, -0.1) is 10.2 Å². The summed E-state index contributed by atoms with van der Waals surface area (Å²) in [4.78, 5) is 5.32. The summed E-state index contributed by atoms with van der Waals surface area (Å²) in [5.41, 5.74) is 3.14. The van der Waals surface area contributed by atoms with Gasteiger partial charge in [-0.05, 0) is 30.3 Å². The lowest BCUT2D eigenvalue weighted by molar-refractivity contribution is 0.213. The minimum atomic E-state index is -0.484. The van der Waals surface area contributed by atoms with Crippen molar-refractivity contribution in [2.24, 2.45) is 0 Å². The lowest BCUT2D eigenvalue weighted by Crippen LogP contribution is -2.21. The summed E-state index contributed by atoms with van der Waals surface area (Å²) in [7, 11) is 1.99. The van der Waals surface area contributed by atoms with Crippen LogP contribution in [0.25, 0.3) is 10.9 Å². The first-order valence-corrected chi connectivity index (χ1v) is 11.6. The third-order valence-corrected chi connectivity index (χ3v) is 7.20. The quantitative estimate of drug-likeness (QED) is 0.298. The maximum absolute atomic E-state index is 10.3. The Hall–Kier alpha value is -2.07. The van der Waals surface area contributed by atoms with E-state index in [-0.39, 0.29) is 0 Å². The molecular formula is C20H20BrN5OS2. The average molecular weight is 490 g/mol. The van der Waals surface area contributed by atoms with Crippen molar-refractivity contribution in [3.63, 3.8) is 0 Å². The highest BCUT2D eigenvalue weighted by atomic mass is 79.9. The van der Waals surface area contributed by atoms with E-state index >= 15 is 0 Å². The monoisotopic (exact) mass is 489 g/mol. The first-order chi connectivity index (χ1) is 14.1. The smallest absolute Gasteiger partial charge is 0.213 e. The van der Waals surface area contributed by atoms with Crippen molar-refractivity contribution in [3.8, 4) is 0 Å². The van der Waals surface area contributed by atoms with Crippen molar-refractivity contribution in [2.75, 3.05) is 29.6 Å². The van der Waals surface area contributed by atoms with E-state index in [1.54, 1.807) is 0 Å². The first-order valence-electron chi connectivity index (χ1n) is 9.04. The number of thioether (sulfide) groups is 1. The van der Waals surface area contributed by atoms with Crippen LogP contribution in [0.15, 0.2) is 63.5 Å². The van der Waals surface area contributed by atoms with Gasteiger partial charge < -0.3 is 20.3 Å². The highest BCUT2D eigenvalue weighted by Gasteiger charge is 2.15. The van der Waals surface area contributed by atoms with Crippen LogP contribution in [0.2, 0.25) is 0 Å². The van der Waals surface area contributed by atoms with Crippen LogP contribution in [0.5, 0.6) is 0 Å². The summed E-state index contributed by atoms with van der Waals surface area (Å²) in [6.07, 6.45) is 1.50. The normalized spacial score (nSPS) is 12.2. The number of rotatable bonds is 8. The molecule has 0 amide bonds. The molecule has 2 heterocycles. The van der Waals surface area contributed by atoms with Crippen molar-refractivity contribution in [2.45, 2.75) is 10.4 Å². The number of para-hydroxylation sites is 1. The van der Waals surface area contributed by atoms with Gasteiger partial charge in [-0.1, -0.05) is 57.2 Å². The van der Waals surface area contributed by atoms with E-state index < -0.39 is 6.10 Å². The van der Waals surface area contributed by atoms with Gasteiger partial charge in [-0.2, -0.15) is 0 Å². The number of aliphatic hydroxyl groups is 1. The third kappa shape index (κ3) is 4.92. The summed E-state index contributed by atoms with van der Waals surface area (Å²) in [5.74, 6) is 0.551. The van der Waals surface area contributed by atoms with Crippen LogP contribution >= 0.6 is 39.0 Å². The van der Waals surface area contributed by atoms with Crippen molar-refractivity contribution < 1.29 is 5.11 Å². The molecule has 0 bridgehead atoms. The van der Waals surface area contributed by atoms with E-state index in [1.165, 1.54) is 23.1 Å². The van der Waals surface area contributed by atoms with Gasteiger partial charge in [0.2, 0.25) is 5.13 Å². The van der Waals surface area contributed by atoms with Gasteiger partial charge in [-0.25, -0.2) is 0 Å². The van der Waals surface area contributed by atoms with Gasteiger partial charge in [0.1, 0.15) is 0 Å². The zero-order chi connectivity index (χ0) is 20.2. The standard InChI is InChI=1S/C20H20BrN5OS2/c1-26(18-11-23-17-5-3-2-4-16(17)18)19-24-25-20(29-19)28-12-15(27)10-22-14-8-6-13(21)7-9-14/h2-9,11,15,22-23,27H,10,12H2,1H3. The number of hydrogen-bond donors (Lipinski definition) is 3. The number of anilines is 3. The van der Waals surface area contributed by atoms with E-state index in [4.69, 9.17) is 0 Å². The Morgan fingerprint density at radius 3 is 2.83 bits per heavy atom. The molecule has 0 fully saturated rings. The minimum Gasteiger partial charge on any atom is -0.390 e. The molecule has 6 nitrogen and oxygen atoms in total. The van der Waals surface area contributed by atoms with Gasteiger partial charge >= 0.3 is 0 Å². The predicted octanol–water partition coefficient (Wildman–Crippen LogP) is 5.11. The van der Waals surface area contributed by atoms with Gasteiger partial charge in [0.25, 0.3) is 0 Å². The number of hydrogen-bond acceptors (Lipinski definition) is 7. The maximum atomic E-state index is 10.3. The van der Waals surface area contributed by atoms with E-state index in [9.17, 15) is 5.11 Å². The Labute approximate surface area is 185 Å². The largest absolute Gasteiger partial charge is 0.390 e. The Morgan fingerprint density at radius 2 is 2.00 bits per heavy atom. The van der Waals surface area contributed by atoms with Crippen LogP contribution in [0.3, 0.4) is 0 Å². The molecule has 2 aromatic heterocycles. The van der Waals surface area contributed by atoms with Crippen LogP contribution in [0, 0.1) is 0 Å². The van der Waals surface area contributed by atoms with Gasteiger partial charge in [0, 0.05) is 46.6 Å². The second kappa shape index (κ2) is 9.17. The Bertz CT molecular complexity index is 1080. The number of halogens is 1. The van der Waals surface area contributed by atoms with Crippen LogP contribution in [0.1, 0.15) is 0 Å². The van der Waals surface area contributed by atoms with Crippen molar-refractivity contribution >= 4 is 66.4 Å². The zero-order valence-corrected chi connectivity index (χ0v) is 18.9.